The SMILES string of the molecule is CCCCC(OCC(C)O)C(C)C. The van der Waals surface area contributed by atoms with Gasteiger partial charge in [0, 0.05) is 0 Å². The molecule has 1 N–H and O–H groups in total. The molecule has 0 saturated carbocycles. The lowest BCUT2D eigenvalue weighted by atomic mass is 10.0. The summed E-state index contributed by atoms with van der Waals surface area (Å²) in [6, 6.07) is 0. The van der Waals surface area contributed by atoms with E-state index in [4.69, 9.17) is 9.84 Å². The van der Waals surface area contributed by atoms with E-state index in [0.29, 0.717) is 18.6 Å². The van der Waals surface area contributed by atoms with Crippen LogP contribution in [0.5, 0.6) is 0 Å². The number of rotatable bonds is 7. The number of aliphatic hydroxyl groups excluding tert-OH is 1. The maximum atomic E-state index is 9.08. The van der Waals surface area contributed by atoms with Crippen LogP contribution in [0.3, 0.4) is 0 Å². The van der Waals surface area contributed by atoms with Crippen LogP contribution in [0, 0.1) is 5.92 Å². The fourth-order valence-electron chi connectivity index (χ4n) is 1.28. The first-order chi connectivity index (χ1) is 6.07. The van der Waals surface area contributed by atoms with Gasteiger partial charge in [0.2, 0.25) is 0 Å². The summed E-state index contributed by atoms with van der Waals surface area (Å²) in [5, 5.41) is 9.08. The third-order valence-corrected chi connectivity index (χ3v) is 2.14. The summed E-state index contributed by atoms with van der Waals surface area (Å²) in [5.41, 5.74) is 0. The smallest absolute Gasteiger partial charge is 0.0745 e. The molecule has 2 nitrogen and oxygen atoms in total. The second-order valence-corrected chi connectivity index (χ2v) is 4.11. The molecule has 0 fully saturated rings. The second kappa shape index (κ2) is 7.34. The Hall–Kier alpha value is -0.0800. The first kappa shape index (κ1) is 12.9. The van der Waals surface area contributed by atoms with E-state index in [1.807, 2.05) is 0 Å². The first-order valence-electron chi connectivity index (χ1n) is 5.37. The molecule has 0 aliphatic rings. The Kier molecular flexibility index (Phi) is 7.29. The molecule has 0 amide bonds. The summed E-state index contributed by atoms with van der Waals surface area (Å²) < 4.78 is 5.62. The highest BCUT2D eigenvalue weighted by Crippen LogP contribution is 2.14. The van der Waals surface area contributed by atoms with Gasteiger partial charge in [0.05, 0.1) is 18.8 Å². The molecule has 0 bridgehead atoms. The Morgan fingerprint density at radius 3 is 2.23 bits per heavy atom. The molecule has 0 radical (unpaired) electrons. The van der Waals surface area contributed by atoms with Crippen molar-refractivity contribution < 1.29 is 9.84 Å². The molecule has 0 aliphatic carbocycles. The van der Waals surface area contributed by atoms with Crippen LogP contribution in [0.4, 0.5) is 0 Å². The highest BCUT2D eigenvalue weighted by molar-refractivity contribution is 4.63. The zero-order chi connectivity index (χ0) is 10.3. The Bertz CT molecular complexity index is 111. The van der Waals surface area contributed by atoms with Crippen molar-refractivity contribution in [3.8, 4) is 0 Å². The van der Waals surface area contributed by atoms with E-state index in [1.54, 1.807) is 6.92 Å². The van der Waals surface area contributed by atoms with Crippen LogP contribution in [-0.2, 0) is 4.74 Å². The zero-order valence-electron chi connectivity index (χ0n) is 9.42. The Labute approximate surface area is 82.3 Å². The first-order valence-corrected chi connectivity index (χ1v) is 5.37. The molecule has 0 aromatic heterocycles. The fraction of sp³-hybridized carbons (Fsp3) is 1.00. The highest BCUT2D eigenvalue weighted by atomic mass is 16.5. The number of aliphatic hydroxyl groups is 1. The molecule has 0 rings (SSSR count). The van der Waals surface area contributed by atoms with Crippen LogP contribution in [0.2, 0.25) is 0 Å². The van der Waals surface area contributed by atoms with E-state index in [9.17, 15) is 0 Å². The summed E-state index contributed by atoms with van der Waals surface area (Å²) in [5.74, 6) is 0.547. The quantitative estimate of drug-likeness (QED) is 0.665. The van der Waals surface area contributed by atoms with Gasteiger partial charge < -0.3 is 9.84 Å². The Balaban J connectivity index is 3.67. The van der Waals surface area contributed by atoms with E-state index < -0.39 is 0 Å². The van der Waals surface area contributed by atoms with Crippen LogP contribution < -0.4 is 0 Å². The largest absolute Gasteiger partial charge is 0.391 e. The van der Waals surface area contributed by atoms with Gasteiger partial charge in [-0.15, -0.1) is 0 Å². The van der Waals surface area contributed by atoms with E-state index in [-0.39, 0.29) is 6.10 Å². The average Bonchev–Trinajstić information content (AvgIpc) is 2.03. The van der Waals surface area contributed by atoms with Gasteiger partial charge in [-0.3, -0.25) is 0 Å². The van der Waals surface area contributed by atoms with Crippen molar-refractivity contribution in [1.82, 2.24) is 0 Å². The van der Waals surface area contributed by atoms with Gasteiger partial charge in [-0.1, -0.05) is 33.6 Å². The van der Waals surface area contributed by atoms with Gasteiger partial charge in [-0.05, 0) is 19.3 Å². The fourth-order valence-corrected chi connectivity index (χ4v) is 1.28. The third-order valence-electron chi connectivity index (χ3n) is 2.14. The van der Waals surface area contributed by atoms with Crippen molar-refractivity contribution >= 4 is 0 Å². The Morgan fingerprint density at radius 1 is 1.23 bits per heavy atom. The number of hydrogen-bond acceptors (Lipinski definition) is 2. The molecule has 0 heterocycles. The van der Waals surface area contributed by atoms with Gasteiger partial charge in [0.15, 0.2) is 0 Å². The minimum absolute atomic E-state index is 0.314. The van der Waals surface area contributed by atoms with Crippen LogP contribution in [-0.4, -0.2) is 23.9 Å². The minimum atomic E-state index is -0.345. The van der Waals surface area contributed by atoms with Gasteiger partial charge in [0.1, 0.15) is 0 Å². The predicted molar refractivity (Wildman–Crippen MR) is 55.8 cm³/mol. The number of ether oxygens (including phenoxy) is 1. The zero-order valence-corrected chi connectivity index (χ0v) is 9.42. The van der Waals surface area contributed by atoms with E-state index in [0.717, 1.165) is 6.42 Å². The predicted octanol–water partition coefficient (Wildman–Crippen LogP) is 2.60. The molecule has 0 spiro atoms. The molecule has 0 aliphatic heterocycles. The Morgan fingerprint density at radius 2 is 1.85 bits per heavy atom. The molecular formula is C11H24O2. The van der Waals surface area contributed by atoms with Crippen molar-refractivity contribution in [2.45, 2.75) is 59.2 Å². The maximum Gasteiger partial charge on any atom is 0.0745 e. The third kappa shape index (κ3) is 7.03. The molecule has 0 saturated heterocycles. The number of unbranched alkanes of at least 4 members (excludes halogenated alkanes) is 1. The standard InChI is InChI=1S/C11H24O2/c1-5-6-7-11(9(2)3)13-8-10(4)12/h9-12H,5-8H2,1-4H3. The lowest BCUT2D eigenvalue weighted by molar-refractivity contribution is -0.0274. The summed E-state index contributed by atoms with van der Waals surface area (Å²) in [6.45, 7) is 8.75. The lowest BCUT2D eigenvalue weighted by Crippen LogP contribution is -2.24. The minimum Gasteiger partial charge on any atom is -0.391 e. The van der Waals surface area contributed by atoms with E-state index in [2.05, 4.69) is 20.8 Å². The van der Waals surface area contributed by atoms with Crippen LogP contribution in [0.25, 0.3) is 0 Å². The molecule has 80 valence electrons. The maximum absolute atomic E-state index is 9.08. The van der Waals surface area contributed by atoms with Crippen LogP contribution in [0.15, 0.2) is 0 Å². The topological polar surface area (TPSA) is 29.5 Å². The summed E-state index contributed by atoms with van der Waals surface area (Å²) in [6.07, 6.45) is 3.50. The lowest BCUT2D eigenvalue weighted by Gasteiger charge is -2.22. The molecule has 2 heteroatoms. The van der Waals surface area contributed by atoms with Crippen molar-refractivity contribution in [2.24, 2.45) is 5.92 Å². The molecule has 13 heavy (non-hydrogen) atoms. The monoisotopic (exact) mass is 188 g/mol. The number of hydrogen-bond donors (Lipinski definition) is 1. The van der Waals surface area contributed by atoms with Crippen LogP contribution >= 0.6 is 0 Å². The molecule has 2 atom stereocenters. The molecule has 0 aromatic rings. The van der Waals surface area contributed by atoms with E-state index >= 15 is 0 Å². The van der Waals surface area contributed by atoms with Crippen molar-refractivity contribution in [3.63, 3.8) is 0 Å². The van der Waals surface area contributed by atoms with Gasteiger partial charge in [0.25, 0.3) is 0 Å². The van der Waals surface area contributed by atoms with Gasteiger partial charge in [-0.2, -0.15) is 0 Å². The molecular weight excluding hydrogens is 164 g/mol. The van der Waals surface area contributed by atoms with Crippen molar-refractivity contribution in [1.29, 1.82) is 0 Å². The highest BCUT2D eigenvalue weighted by Gasteiger charge is 2.13. The van der Waals surface area contributed by atoms with Gasteiger partial charge in [-0.25, -0.2) is 0 Å². The van der Waals surface area contributed by atoms with Crippen LogP contribution in [0.1, 0.15) is 47.0 Å². The molecule has 0 aromatic carbocycles. The summed E-state index contributed by atoms with van der Waals surface area (Å²) in [4.78, 5) is 0. The van der Waals surface area contributed by atoms with Gasteiger partial charge >= 0.3 is 0 Å². The average molecular weight is 188 g/mol. The molecule has 2 unspecified atom stereocenters. The van der Waals surface area contributed by atoms with Crippen molar-refractivity contribution in [3.05, 3.63) is 0 Å². The normalized spacial score (nSPS) is 16.2. The van der Waals surface area contributed by atoms with E-state index in [1.165, 1.54) is 12.8 Å². The van der Waals surface area contributed by atoms with Crippen molar-refractivity contribution in [2.75, 3.05) is 6.61 Å². The second-order valence-electron chi connectivity index (χ2n) is 4.11. The summed E-state index contributed by atoms with van der Waals surface area (Å²) in [7, 11) is 0. The summed E-state index contributed by atoms with van der Waals surface area (Å²) >= 11 is 0.